The van der Waals surface area contributed by atoms with Crippen molar-refractivity contribution in [3.8, 4) is 5.75 Å². The fourth-order valence-corrected chi connectivity index (χ4v) is 1.57. The van der Waals surface area contributed by atoms with Crippen molar-refractivity contribution < 1.29 is 28.2 Å². The van der Waals surface area contributed by atoms with Gasteiger partial charge in [0.15, 0.2) is 0 Å². The molecule has 0 saturated carbocycles. The number of nitrogens with one attached hydrogen (secondary N) is 1. The molecule has 2 N–H and O–H groups in total. The van der Waals surface area contributed by atoms with Crippen LogP contribution in [-0.4, -0.2) is 43.5 Å². The van der Waals surface area contributed by atoms with Crippen molar-refractivity contribution >= 4 is 5.91 Å². The van der Waals surface area contributed by atoms with Gasteiger partial charge in [-0.25, -0.2) is 0 Å². The molecule has 5 nitrogen and oxygen atoms in total. The molecule has 0 aliphatic rings. The zero-order valence-corrected chi connectivity index (χ0v) is 11.9. The molecule has 1 amide bonds. The lowest BCUT2D eigenvalue weighted by Crippen LogP contribution is -2.41. The summed E-state index contributed by atoms with van der Waals surface area (Å²) >= 11 is 0. The number of hydrogen-bond acceptors (Lipinski definition) is 4. The van der Waals surface area contributed by atoms with Crippen molar-refractivity contribution in [2.75, 3.05) is 20.3 Å². The third kappa shape index (κ3) is 6.50. The Hall–Kier alpha value is -1.73. The number of benzene rings is 1. The van der Waals surface area contributed by atoms with Gasteiger partial charge in [-0.05, 0) is 31.2 Å². The Kier molecular flexibility index (Phi) is 6.51. The van der Waals surface area contributed by atoms with Crippen LogP contribution in [0.15, 0.2) is 24.3 Å². The highest BCUT2D eigenvalue weighted by Crippen LogP contribution is 2.15. The van der Waals surface area contributed by atoms with Crippen molar-refractivity contribution in [3.63, 3.8) is 0 Å². The molecule has 0 saturated heterocycles. The Labute approximate surface area is 121 Å². The molecule has 7 heteroatoms. The summed E-state index contributed by atoms with van der Waals surface area (Å²) in [4.78, 5) is 11.9. The number of rotatable bonds is 8. The molecular formula is C14H19F2NO4. The van der Waals surface area contributed by atoms with Crippen LogP contribution in [0, 0.1) is 0 Å². The second-order valence-electron chi connectivity index (χ2n) is 4.83. The number of halogens is 2. The van der Waals surface area contributed by atoms with E-state index >= 15 is 0 Å². The number of carbonyl (C=O) groups is 1. The largest absolute Gasteiger partial charge is 0.435 e. The molecule has 0 spiro atoms. The van der Waals surface area contributed by atoms with Gasteiger partial charge in [-0.15, -0.1) is 0 Å². The van der Waals surface area contributed by atoms with E-state index in [1.54, 1.807) is 6.92 Å². The molecule has 1 rings (SSSR count). The average molecular weight is 303 g/mol. The van der Waals surface area contributed by atoms with E-state index in [1.807, 2.05) is 0 Å². The molecule has 1 aromatic carbocycles. The average Bonchev–Trinajstić information content (AvgIpc) is 2.43. The van der Waals surface area contributed by atoms with E-state index in [4.69, 9.17) is 4.74 Å². The number of alkyl halides is 2. The van der Waals surface area contributed by atoms with Gasteiger partial charge in [-0.2, -0.15) is 8.78 Å². The molecule has 118 valence electrons. The molecule has 0 bridgehead atoms. The van der Waals surface area contributed by atoms with Gasteiger partial charge >= 0.3 is 6.61 Å². The summed E-state index contributed by atoms with van der Waals surface area (Å²) in [6, 6.07) is 5.31. The van der Waals surface area contributed by atoms with E-state index in [0.29, 0.717) is 18.6 Å². The van der Waals surface area contributed by atoms with Crippen LogP contribution in [0.1, 0.15) is 23.7 Å². The second kappa shape index (κ2) is 7.90. The Bertz CT molecular complexity index is 449. The number of hydrogen-bond donors (Lipinski definition) is 2. The summed E-state index contributed by atoms with van der Waals surface area (Å²) < 4.78 is 33.0. The van der Waals surface area contributed by atoms with Crippen LogP contribution >= 0.6 is 0 Å². The maximum Gasteiger partial charge on any atom is 0.387 e. The monoisotopic (exact) mass is 303 g/mol. The Morgan fingerprint density at radius 1 is 1.38 bits per heavy atom. The van der Waals surface area contributed by atoms with Crippen LogP contribution in [0.2, 0.25) is 0 Å². The third-order valence-electron chi connectivity index (χ3n) is 2.82. The lowest BCUT2D eigenvalue weighted by Gasteiger charge is -2.23. The predicted octanol–water partition coefficient (Wildman–Crippen LogP) is 1.81. The number of aliphatic hydroxyl groups is 1. The minimum absolute atomic E-state index is 0.0198. The molecule has 1 aromatic rings. The predicted molar refractivity (Wildman–Crippen MR) is 72.5 cm³/mol. The summed E-state index contributed by atoms with van der Waals surface area (Å²) in [5.41, 5.74) is -0.788. The normalized spacial score (nSPS) is 13.8. The first-order valence-electron chi connectivity index (χ1n) is 6.38. The van der Waals surface area contributed by atoms with Crippen LogP contribution in [0.5, 0.6) is 5.75 Å². The summed E-state index contributed by atoms with van der Waals surface area (Å²) in [6.07, 6.45) is 0.380. The van der Waals surface area contributed by atoms with Crippen molar-refractivity contribution in [2.45, 2.75) is 25.6 Å². The molecule has 0 aliphatic carbocycles. The van der Waals surface area contributed by atoms with Gasteiger partial charge in [0.1, 0.15) is 5.75 Å². The molecule has 1 atom stereocenters. The van der Waals surface area contributed by atoms with Crippen molar-refractivity contribution in [3.05, 3.63) is 29.8 Å². The lowest BCUT2D eigenvalue weighted by molar-refractivity contribution is -0.0498. The number of methoxy groups -OCH3 is 1. The zero-order chi connectivity index (χ0) is 15.9. The highest BCUT2D eigenvalue weighted by atomic mass is 19.3. The van der Waals surface area contributed by atoms with E-state index in [2.05, 4.69) is 10.1 Å². The second-order valence-corrected chi connectivity index (χ2v) is 4.83. The first kappa shape index (κ1) is 17.3. The lowest BCUT2D eigenvalue weighted by atomic mass is 10.0. The van der Waals surface area contributed by atoms with Crippen LogP contribution in [0.25, 0.3) is 0 Å². The maximum atomic E-state index is 12.0. The number of carbonyl (C=O) groups excluding carboxylic acids is 1. The molecule has 0 fully saturated rings. The summed E-state index contributed by atoms with van der Waals surface area (Å²) in [7, 11) is 1.53. The van der Waals surface area contributed by atoms with Crippen LogP contribution in [0.3, 0.4) is 0 Å². The molecule has 0 radical (unpaired) electrons. The molecule has 0 aromatic heterocycles. The van der Waals surface area contributed by atoms with Crippen LogP contribution in [0.4, 0.5) is 8.78 Å². The van der Waals surface area contributed by atoms with Gasteiger partial charge in [-0.1, -0.05) is 0 Å². The van der Waals surface area contributed by atoms with Gasteiger partial charge < -0.3 is 19.9 Å². The van der Waals surface area contributed by atoms with Crippen molar-refractivity contribution in [2.24, 2.45) is 0 Å². The number of ether oxygens (including phenoxy) is 2. The SMILES string of the molecule is COCCC(C)(O)CNC(=O)c1ccc(OC(F)F)cc1. The quantitative estimate of drug-likeness (QED) is 0.768. The van der Waals surface area contributed by atoms with Crippen molar-refractivity contribution in [1.82, 2.24) is 5.32 Å². The highest BCUT2D eigenvalue weighted by Gasteiger charge is 2.21. The number of amides is 1. The molecule has 21 heavy (non-hydrogen) atoms. The molecule has 0 heterocycles. The molecule has 0 aliphatic heterocycles. The van der Waals surface area contributed by atoms with Gasteiger partial charge in [0.2, 0.25) is 0 Å². The Morgan fingerprint density at radius 3 is 2.52 bits per heavy atom. The fourth-order valence-electron chi connectivity index (χ4n) is 1.57. The van der Waals surface area contributed by atoms with Crippen molar-refractivity contribution in [1.29, 1.82) is 0 Å². The first-order chi connectivity index (χ1) is 9.84. The maximum absolute atomic E-state index is 12.0. The van der Waals surface area contributed by atoms with E-state index in [1.165, 1.54) is 31.4 Å². The third-order valence-corrected chi connectivity index (χ3v) is 2.82. The molecular weight excluding hydrogens is 284 g/mol. The van der Waals surface area contributed by atoms with Gasteiger partial charge in [-0.3, -0.25) is 4.79 Å². The fraction of sp³-hybridized carbons (Fsp3) is 0.500. The summed E-state index contributed by atoms with van der Waals surface area (Å²) in [5.74, 6) is -0.426. The standard InChI is InChI=1S/C14H19F2NO4/c1-14(19,7-8-20-2)9-17-12(18)10-3-5-11(6-4-10)21-13(15)16/h3-6,13,19H,7-9H2,1-2H3,(H,17,18). The van der Waals surface area contributed by atoms with E-state index in [-0.39, 0.29) is 12.3 Å². The summed E-state index contributed by atoms with van der Waals surface area (Å²) in [5, 5.41) is 12.6. The Balaban J connectivity index is 2.52. The Morgan fingerprint density at radius 2 is 2.00 bits per heavy atom. The topological polar surface area (TPSA) is 67.8 Å². The summed E-state index contributed by atoms with van der Waals surface area (Å²) in [6.45, 7) is -0.876. The van der Waals surface area contributed by atoms with Crippen LogP contribution in [-0.2, 0) is 4.74 Å². The smallest absolute Gasteiger partial charge is 0.387 e. The first-order valence-corrected chi connectivity index (χ1v) is 6.38. The van der Waals surface area contributed by atoms with Gasteiger partial charge in [0.05, 0.1) is 5.60 Å². The minimum Gasteiger partial charge on any atom is -0.435 e. The minimum atomic E-state index is -2.90. The molecule has 1 unspecified atom stereocenters. The zero-order valence-electron chi connectivity index (χ0n) is 11.9. The van der Waals surface area contributed by atoms with E-state index in [9.17, 15) is 18.7 Å². The van der Waals surface area contributed by atoms with Crippen LogP contribution < -0.4 is 10.1 Å². The van der Waals surface area contributed by atoms with Gasteiger partial charge in [0.25, 0.3) is 5.91 Å². The highest BCUT2D eigenvalue weighted by molar-refractivity contribution is 5.94. The van der Waals surface area contributed by atoms with Gasteiger partial charge in [0, 0.05) is 32.2 Å². The van der Waals surface area contributed by atoms with E-state index < -0.39 is 18.1 Å². The van der Waals surface area contributed by atoms with E-state index in [0.717, 1.165) is 0 Å².